The minimum atomic E-state index is -0.130. The van der Waals surface area contributed by atoms with E-state index in [0.29, 0.717) is 35.3 Å². The number of nitrogens with two attached hydrogens (primary N) is 2. The third kappa shape index (κ3) is 10.4. The van der Waals surface area contributed by atoms with Gasteiger partial charge in [0.05, 0.1) is 0 Å². The minimum absolute atomic E-state index is 0. The molecule has 8 N–H and O–H groups in total. The molecule has 0 saturated carbocycles. The van der Waals surface area contributed by atoms with Crippen molar-refractivity contribution in [2.45, 2.75) is 32.1 Å². The van der Waals surface area contributed by atoms with Gasteiger partial charge in [-0.05, 0) is 37.1 Å². The number of rotatable bonds is 12. The van der Waals surface area contributed by atoms with Crippen LogP contribution in [0.2, 0.25) is 0 Å². The van der Waals surface area contributed by atoms with E-state index >= 15 is 0 Å². The Morgan fingerprint density at radius 2 is 0.848 bits per heavy atom. The zero-order chi connectivity index (χ0) is 22.6. The summed E-state index contributed by atoms with van der Waals surface area (Å²) in [5.74, 6) is -0.298. The molecule has 180 valence electrons. The Kier molecular flexibility index (Phi) is 14.2. The SMILES string of the molecule is Cl.Cl.N=C(N)c1ccc(C(=O)NCCCCCCCNC(=O)c2ccc(C(=N)N)cc2)cc1. The predicted octanol–water partition coefficient (Wildman–Crippen LogP) is 3.21. The number of nitrogens with one attached hydrogen (secondary N) is 4. The van der Waals surface area contributed by atoms with E-state index in [1.165, 1.54) is 0 Å². The van der Waals surface area contributed by atoms with E-state index in [-0.39, 0.29) is 48.3 Å². The second-order valence-corrected chi connectivity index (χ2v) is 7.26. The Balaban J connectivity index is 0.00000512. The largest absolute Gasteiger partial charge is 0.384 e. The van der Waals surface area contributed by atoms with Crippen LogP contribution in [0, 0.1) is 10.8 Å². The van der Waals surface area contributed by atoms with Crippen LogP contribution in [0.4, 0.5) is 0 Å². The van der Waals surface area contributed by atoms with Gasteiger partial charge >= 0.3 is 0 Å². The van der Waals surface area contributed by atoms with E-state index < -0.39 is 0 Å². The van der Waals surface area contributed by atoms with Gasteiger partial charge in [0.15, 0.2) is 0 Å². The van der Waals surface area contributed by atoms with Gasteiger partial charge in [0.2, 0.25) is 0 Å². The van der Waals surface area contributed by atoms with Crippen LogP contribution in [0.15, 0.2) is 48.5 Å². The van der Waals surface area contributed by atoms with Crippen molar-refractivity contribution in [1.82, 2.24) is 10.6 Å². The van der Waals surface area contributed by atoms with Gasteiger partial charge in [-0.2, -0.15) is 0 Å². The Bertz CT molecular complexity index is 842. The molecule has 2 rings (SSSR count). The first-order valence-corrected chi connectivity index (χ1v) is 10.3. The maximum Gasteiger partial charge on any atom is 0.251 e. The monoisotopic (exact) mass is 494 g/mol. The van der Waals surface area contributed by atoms with Crippen molar-refractivity contribution >= 4 is 48.3 Å². The van der Waals surface area contributed by atoms with Crippen LogP contribution >= 0.6 is 24.8 Å². The third-order valence-corrected chi connectivity index (χ3v) is 4.84. The van der Waals surface area contributed by atoms with E-state index in [1.54, 1.807) is 48.5 Å². The minimum Gasteiger partial charge on any atom is -0.384 e. The highest BCUT2D eigenvalue weighted by atomic mass is 35.5. The molecule has 0 aliphatic carbocycles. The summed E-state index contributed by atoms with van der Waals surface area (Å²) < 4.78 is 0. The highest BCUT2D eigenvalue weighted by molar-refractivity contribution is 5.99. The van der Waals surface area contributed by atoms with Crippen LogP contribution in [0.5, 0.6) is 0 Å². The fourth-order valence-electron chi connectivity index (χ4n) is 2.99. The molecule has 0 heterocycles. The van der Waals surface area contributed by atoms with Crippen molar-refractivity contribution in [3.05, 3.63) is 70.8 Å². The van der Waals surface area contributed by atoms with Crippen LogP contribution in [0.25, 0.3) is 0 Å². The maximum atomic E-state index is 12.1. The first-order chi connectivity index (χ1) is 14.9. The first kappa shape index (κ1) is 29.9. The van der Waals surface area contributed by atoms with E-state index in [2.05, 4.69) is 10.6 Å². The van der Waals surface area contributed by atoms with Crippen molar-refractivity contribution in [2.75, 3.05) is 13.1 Å². The molecule has 0 saturated heterocycles. The van der Waals surface area contributed by atoms with E-state index in [9.17, 15) is 9.59 Å². The average molecular weight is 495 g/mol. The molecule has 0 spiro atoms. The van der Waals surface area contributed by atoms with Gasteiger partial charge < -0.3 is 22.1 Å². The maximum absolute atomic E-state index is 12.1. The molecule has 0 radical (unpaired) electrons. The Hall–Kier alpha value is -3.10. The van der Waals surface area contributed by atoms with Crippen LogP contribution < -0.4 is 22.1 Å². The summed E-state index contributed by atoms with van der Waals surface area (Å²) in [6, 6.07) is 13.3. The summed E-state index contributed by atoms with van der Waals surface area (Å²) >= 11 is 0. The second-order valence-electron chi connectivity index (χ2n) is 7.26. The average Bonchev–Trinajstić information content (AvgIpc) is 2.77. The summed E-state index contributed by atoms with van der Waals surface area (Å²) in [5, 5.41) is 20.5. The zero-order valence-corrected chi connectivity index (χ0v) is 20.0. The van der Waals surface area contributed by atoms with Crippen molar-refractivity contribution < 1.29 is 9.59 Å². The smallest absolute Gasteiger partial charge is 0.251 e. The normalized spacial score (nSPS) is 9.70. The third-order valence-electron chi connectivity index (χ3n) is 4.84. The number of halogens is 2. The van der Waals surface area contributed by atoms with Gasteiger partial charge in [0.25, 0.3) is 11.8 Å². The Morgan fingerprint density at radius 3 is 1.15 bits per heavy atom. The molecular weight excluding hydrogens is 463 g/mol. The lowest BCUT2D eigenvalue weighted by Gasteiger charge is -2.07. The molecule has 0 aliphatic rings. The van der Waals surface area contributed by atoms with Gasteiger partial charge in [-0.1, -0.05) is 43.5 Å². The van der Waals surface area contributed by atoms with Crippen molar-refractivity contribution in [3.8, 4) is 0 Å². The van der Waals surface area contributed by atoms with Gasteiger partial charge in [-0.15, -0.1) is 24.8 Å². The molecule has 0 unspecified atom stereocenters. The summed E-state index contributed by atoms with van der Waals surface area (Å²) in [4.78, 5) is 24.2. The van der Waals surface area contributed by atoms with Crippen LogP contribution in [-0.4, -0.2) is 36.6 Å². The lowest BCUT2D eigenvalue weighted by atomic mass is 10.1. The molecule has 2 amide bonds. The molecular formula is C23H32Cl2N6O2. The molecule has 2 aromatic carbocycles. The number of hydrogen-bond donors (Lipinski definition) is 6. The van der Waals surface area contributed by atoms with E-state index in [1.807, 2.05) is 0 Å². The molecule has 33 heavy (non-hydrogen) atoms. The molecule has 10 heteroatoms. The van der Waals surface area contributed by atoms with Crippen LogP contribution in [0.3, 0.4) is 0 Å². The number of carbonyl (C=O) groups excluding carboxylic acids is 2. The summed E-state index contributed by atoms with van der Waals surface area (Å²) in [7, 11) is 0. The van der Waals surface area contributed by atoms with Crippen molar-refractivity contribution in [3.63, 3.8) is 0 Å². The molecule has 0 aromatic heterocycles. The zero-order valence-electron chi connectivity index (χ0n) is 18.4. The molecule has 0 fully saturated rings. The second kappa shape index (κ2) is 15.7. The van der Waals surface area contributed by atoms with Gasteiger partial charge in [-0.3, -0.25) is 20.4 Å². The lowest BCUT2D eigenvalue weighted by Crippen LogP contribution is -2.25. The summed E-state index contributed by atoms with van der Waals surface area (Å²) in [6.45, 7) is 1.22. The summed E-state index contributed by atoms with van der Waals surface area (Å²) in [5.41, 5.74) is 13.1. The lowest BCUT2D eigenvalue weighted by molar-refractivity contribution is 0.0945. The predicted molar refractivity (Wildman–Crippen MR) is 137 cm³/mol. The quantitative estimate of drug-likeness (QED) is 0.152. The molecule has 0 aliphatic heterocycles. The number of amides is 2. The van der Waals surface area contributed by atoms with E-state index in [0.717, 1.165) is 32.1 Å². The number of amidine groups is 2. The van der Waals surface area contributed by atoms with Crippen LogP contribution in [-0.2, 0) is 0 Å². The van der Waals surface area contributed by atoms with E-state index in [4.69, 9.17) is 22.3 Å². The number of benzene rings is 2. The topological polar surface area (TPSA) is 158 Å². The molecule has 8 nitrogen and oxygen atoms in total. The molecule has 2 aromatic rings. The standard InChI is InChI=1S/C23H30N6O2.2ClH/c24-20(25)16-6-10-18(11-7-16)22(30)28-14-4-2-1-3-5-15-29-23(31)19-12-8-17(9-13-19)21(26)27;;/h6-13H,1-5,14-15H2,(H3,24,25)(H3,26,27)(H,28,30)(H,29,31);2*1H. The number of hydrogen-bond acceptors (Lipinski definition) is 4. The van der Waals surface area contributed by atoms with Crippen molar-refractivity contribution in [1.29, 1.82) is 10.8 Å². The fraction of sp³-hybridized carbons (Fsp3) is 0.304. The number of nitrogen functional groups attached to an aromatic ring is 2. The highest BCUT2D eigenvalue weighted by Crippen LogP contribution is 2.06. The number of unbranched alkanes of at least 4 members (excludes halogenated alkanes) is 4. The van der Waals surface area contributed by atoms with Gasteiger partial charge in [0, 0.05) is 35.3 Å². The number of carbonyl (C=O) groups is 2. The molecule has 0 atom stereocenters. The van der Waals surface area contributed by atoms with Crippen molar-refractivity contribution in [2.24, 2.45) is 11.5 Å². The van der Waals surface area contributed by atoms with Gasteiger partial charge in [-0.25, -0.2) is 0 Å². The van der Waals surface area contributed by atoms with Gasteiger partial charge in [0.1, 0.15) is 11.7 Å². The first-order valence-electron chi connectivity index (χ1n) is 10.3. The Labute approximate surface area is 206 Å². The fourth-order valence-corrected chi connectivity index (χ4v) is 2.99. The summed E-state index contributed by atoms with van der Waals surface area (Å²) in [6.07, 6.45) is 4.83. The highest BCUT2D eigenvalue weighted by Gasteiger charge is 2.06. The Morgan fingerprint density at radius 1 is 0.576 bits per heavy atom. The molecule has 0 bridgehead atoms. The van der Waals surface area contributed by atoms with Crippen LogP contribution in [0.1, 0.15) is 63.9 Å².